The number of halogens is 2. The van der Waals surface area contributed by atoms with Crippen molar-refractivity contribution in [3.05, 3.63) is 34.4 Å². The van der Waals surface area contributed by atoms with Crippen LogP contribution in [-0.4, -0.2) is 35.1 Å². The molecule has 2 heterocycles. The summed E-state index contributed by atoms with van der Waals surface area (Å²) in [5, 5.41) is 4.40. The van der Waals surface area contributed by atoms with Crippen LogP contribution < -0.4 is 16.0 Å². The second kappa shape index (κ2) is 6.51. The Balaban J connectivity index is 1.93. The van der Waals surface area contributed by atoms with Gasteiger partial charge in [0.1, 0.15) is 11.5 Å². The molecule has 0 radical (unpaired) electrons. The molecule has 0 bridgehead atoms. The van der Waals surface area contributed by atoms with Gasteiger partial charge in [0, 0.05) is 30.7 Å². The highest BCUT2D eigenvalue weighted by molar-refractivity contribution is 6.43. The predicted molar refractivity (Wildman–Crippen MR) is 96.2 cm³/mol. The number of nitrogens with one attached hydrogen (secondary N) is 1. The molecule has 23 heavy (non-hydrogen) atoms. The van der Waals surface area contributed by atoms with E-state index in [2.05, 4.69) is 34.0 Å². The second-order valence-electron chi connectivity index (χ2n) is 5.94. The number of anilines is 2. The number of piperazine rings is 1. The third-order valence-electron chi connectivity index (χ3n) is 3.87. The van der Waals surface area contributed by atoms with Crippen LogP contribution in [0.5, 0.6) is 0 Å². The van der Waals surface area contributed by atoms with E-state index in [1.54, 1.807) is 12.3 Å². The number of nitrogens with zero attached hydrogens (tertiary/aromatic N) is 3. The minimum Gasteiger partial charge on any atom is -0.382 e. The Morgan fingerprint density at radius 3 is 2.57 bits per heavy atom. The summed E-state index contributed by atoms with van der Waals surface area (Å²) < 4.78 is 0. The summed E-state index contributed by atoms with van der Waals surface area (Å²) in [7, 11) is 0. The van der Waals surface area contributed by atoms with Gasteiger partial charge in [0.25, 0.3) is 0 Å². The van der Waals surface area contributed by atoms with Crippen LogP contribution in [0.4, 0.5) is 11.6 Å². The first-order valence-corrected chi connectivity index (χ1v) is 8.29. The molecule has 1 aliphatic heterocycles. The fraction of sp³-hybridized carbons (Fsp3) is 0.375. The van der Waals surface area contributed by atoms with Crippen molar-refractivity contribution >= 4 is 34.8 Å². The summed E-state index contributed by atoms with van der Waals surface area (Å²) >= 11 is 12.3. The molecule has 1 aromatic heterocycles. The average molecular weight is 352 g/mol. The molecule has 0 saturated carbocycles. The topological polar surface area (TPSA) is 67.1 Å². The molecular formula is C16H19Cl2N5. The summed E-state index contributed by atoms with van der Waals surface area (Å²) in [6, 6.07) is 6.17. The molecule has 0 amide bonds. The van der Waals surface area contributed by atoms with E-state index in [-0.39, 0.29) is 0 Å². The maximum absolute atomic E-state index is 6.25. The van der Waals surface area contributed by atoms with Gasteiger partial charge in [0.2, 0.25) is 0 Å². The molecule has 122 valence electrons. The molecule has 2 atom stereocenters. The van der Waals surface area contributed by atoms with Gasteiger partial charge < -0.3 is 16.0 Å². The van der Waals surface area contributed by atoms with Gasteiger partial charge in [-0.1, -0.05) is 35.3 Å². The maximum atomic E-state index is 6.25. The maximum Gasteiger partial charge on any atom is 0.152 e. The number of aromatic nitrogens is 2. The Kier molecular flexibility index (Phi) is 4.62. The Morgan fingerprint density at radius 2 is 1.91 bits per heavy atom. The summed E-state index contributed by atoms with van der Waals surface area (Å²) in [6.07, 6.45) is 1.74. The van der Waals surface area contributed by atoms with Crippen LogP contribution >= 0.6 is 23.2 Å². The number of hydrogen-bond acceptors (Lipinski definition) is 5. The molecule has 7 heteroatoms. The Hall–Kier alpha value is -1.56. The van der Waals surface area contributed by atoms with Gasteiger partial charge in [0.05, 0.1) is 16.2 Å². The van der Waals surface area contributed by atoms with Crippen molar-refractivity contribution in [1.29, 1.82) is 0 Å². The molecular weight excluding hydrogens is 333 g/mol. The van der Waals surface area contributed by atoms with E-state index in [0.29, 0.717) is 39.2 Å². The highest BCUT2D eigenvalue weighted by Crippen LogP contribution is 2.35. The van der Waals surface area contributed by atoms with Crippen molar-refractivity contribution in [2.45, 2.75) is 25.9 Å². The SMILES string of the molecule is CC1CN(c2cnc(-c3cccc(Cl)c3Cl)c(N)n2)CC(C)N1. The van der Waals surface area contributed by atoms with Gasteiger partial charge >= 0.3 is 0 Å². The molecule has 2 unspecified atom stereocenters. The molecule has 1 fully saturated rings. The van der Waals surface area contributed by atoms with Crippen molar-refractivity contribution in [2.24, 2.45) is 0 Å². The fourth-order valence-corrected chi connectivity index (χ4v) is 3.34. The van der Waals surface area contributed by atoms with E-state index in [1.807, 2.05) is 12.1 Å². The number of benzene rings is 1. The monoisotopic (exact) mass is 351 g/mol. The zero-order valence-corrected chi connectivity index (χ0v) is 14.6. The van der Waals surface area contributed by atoms with Crippen LogP contribution in [0.15, 0.2) is 24.4 Å². The lowest BCUT2D eigenvalue weighted by atomic mass is 10.1. The lowest BCUT2D eigenvalue weighted by Crippen LogP contribution is -2.54. The first-order chi connectivity index (χ1) is 11.0. The summed E-state index contributed by atoms with van der Waals surface area (Å²) in [6.45, 7) is 6.05. The molecule has 3 rings (SSSR count). The Labute approximate surface area is 145 Å². The van der Waals surface area contributed by atoms with E-state index in [4.69, 9.17) is 28.9 Å². The van der Waals surface area contributed by atoms with Gasteiger partial charge in [-0.05, 0) is 19.9 Å². The van der Waals surface area contributed by atoms with Crippen LogP contribution in [0.3, 0.4) is 0 Å². The van der Waals surface area contributed by atoms with Crippen LogP contribution in [0.25, 0.3) is 11.3 Å². The minimum atomic E-state index is 0.352. The second-order valence-corrected chi connectivity index (χ2v) is 6.72. The highest BCUT2D eigenvalue weighted by Gasteiger charge is 2.23. The van der Waals surface area contributed by atoms with Gasteiger partial charge in [-0.2, -0.15) is 0 Å². The van der Waals surface area contributed by atoms with Crippen LogP contribution in [0.2, 0.25) is 10.0 Å². The van der Waals surface area contributed by atoms with Gasteiger partial charge in [-0.15, -0.1) is 0 Å². The van der Waals surface area contributed by atoms with Crippen molar-refractivity contribution < 1.29 is 0 Å². The summed E-state index contributed by atoms with van der Waals surface area (Å²) in [4.78, 5) is 11.2. The largest absolute Gasteiger partial charge is 0.382 e. The number of rotatable bonds is 2. The van der Waals surface area contributed by atoms with E-state index in [0.717, 1.165) is 18.9 Å². The summed E-state index contributed by atoms with van der Waals surface area (Å²) in [5.41, 5.74) is 7.38. The Morgan fingerprint density at radius 1 is 1.22 bits per heavy atom. The molecule has 0 aliphatic carbocycles. The lowest BCUT2D eigenvalue weighted by molar-refractivity contribution is 0.405. The van der Waals surface area contributed by atoms with Gasteiger partial charge in [-0.3, -0.25) is 0 Å². The third-order valence-corrected chi connectivity index (χ3v) is 4.69. The quantitative estimate of drug-likeness (QED) is 0.869. The first-order valence-electron chi connectivity index (χ1n) is 7.53. The average Bonchev–Trinajstić information content (AvgIpc) is 2.49. The molecule has 1 saturated heterocycles. The van der Waals surface area contributed by atoms with Crippen LogP contribution in [0.1, 0.15) is 13.8 Å². The fourth-order valence-electron chi connectivity index (χ4n) is 2.95. The number of hydrogen-bond donors (Lipinski definition) is 2. The van der Waals surface area contributed by atoms with Crippen molar-refractivity contribution in [1.82, 2.24) is 15.3 Å². The number of nitrogen functional groups attached to an aromatic ring is 1. The molecule has 2 aromatic rings. The van der Waals surface area contributed by atoms with Gasteiger partial charge in [-0.25, -0.2) is 9.97 Å². The summed E-state index contributed by atoms with van der Waals surface area (Å²) in [5.74, 6) is 1.13. The zero-order valence-electron chi connectivity index (χ0n) is 13.1. The number of nitrogens with two attached hydrogens (primary N) is 1. The molecule has 5 nitrogen and oxygen atoms in total. The van der Waals surface area contributed by atoms with E-state index in [9.17, 15) is 0 Å². The minimum absolute atomic E-state index is 0.352. The van der Waals surface area contributed by atoms with E-state index in [1.165, 1.54) is 0 Å². The normalized spacial score (nSPS) is 21.5. The lowest BCUT2D eigenvalue weighted by Gasteiger charge is -2.36. The third kappa shape index (κ3) is 3.37. The van der Waals surface area contributed by atoms with Crippen molar-refractivity contribution in [2.75, 3.05) is 23.7 Å². The van der Waals surface area contributed by atoms with Crippen molar-refractivity contribution in [3.8, 4) is 11.3 Å². The molecule has 3 N–H and O–H groups in total. The molecule has 0 spiro atoms. The standard InChI is InChI=1S/C16H19Cl2N5/c1-9-7-23(8-10(2)21-9)13-6-20-15(16(19)22-13)11-4-3-5-12(17)14(11)18/h3-6,9-10,21H,7-8H2,1-2H3,(H2,19,22). The van der Waals surface area contributed by atoms with E-state index >= 15 is 0 Å². The van der Waals surface area contributed by atoms with Crippen molar-refractivity contribution in [3.63, 3.8) is 0 Å². The van der Waals surface area contributed by atoms with Crippen LogP contribution in [-0.2, 0) is 0 Å². The smallest absolute Gasteiger partial charge is 0.152 e. The van der Waals surface area contributed by atoms with Gasteiger partial charge in [0.15, 0.2) is 5.82 Å². The highest BCUT2D eigenvalue weighted by atomic mass is 35.5. The zero-order chi connectivity index (χ0) is 16.6. The van der Waals surface area contributed by atoms with Crippen LogP contribution in [0, 0.1) is 0 Å². The predicted octanol–water partition coefficient (Wildman–Crippen LogP) is 3.22. The molecule has 1 aliphatic rings. The Bertz CT molecular complexity index is 712. The molecule has 1 aromatic carbocycles. The van der Waals surface area contributed by atoms with E-state index < -0.39 is 0 Å². The first kappa shape index (κ1) is 16.3.